The minimum Gasteiger partial charge on any atom is -0.465 e. The molecule has 1 fully saturated rings. The summed E-state index contributed by atoms with van der Waals surface area (Å²) >= 11 is 1.06. The Balaban J connectivity index is 1.49. The summed E-state index contributed by atoms with van der Waals surface area (Å²) in [7, 11) is 1.12. The number of amides is 2. The molecule has 2 heterocycles. The normalized spacial score (nSPS) is 15.3. The Labute approximate surface area is 195 Å². The number of rotatable bonds is 6. The molecule has 34 heavy (non-hydrogen) atoms. The van der Waals surface area contributed by atoms with E-state index < -0.39 is 28.3 Å². The van der Waals surface area contributed by atoms with Crippen LogP contribution in [0.2, 0.25) is 0 Å². The Hall–Kier alpha value is -4.26. The number of methoxy groups -OCH3 is 1. The van der Waals surface area contributed by atoms with E-state index in [0.717, 1.165) is 30.6 Å². The van der Waals surface area contributed by atoms with Crippen molar-refractivity contribution < 1.29 is 28.4 Å². The first-order chi connectivity index (χ1) is 16.2. The van der Waals surface area contributed by atoms with Gasteiger partial charge in [-0.25, -0.2) is 9.18 Å². The summed E-state index contributed by atoms with van der Waals surface area (Å²) in [6.07, 6.45) is 0.174. The number of hydrogen-bond acceptors (Lipinski definition) is 9. The molecule has 0 spiro atoms. The van der Waals surface area contributed by atoms with E-state index in [1.165, 1.54) is 35.2 Å². The molecular weight excluding hydrogens is 469 g/mol. The second kappa shape index (κ2) is 9.31. The van der Waals surface area contributed by atoms with Gasteiger partial charge in [-0.3, -0.25) is 25.0 Å². The average Bonchev–Trinajstić information content (AvgIpc) is 3.45. The molecule has 1 aliphatic heterocycles. The first kappa shape index (κ1) is 22.9. The molecule has 1 saturated heterocycles. The number of carbonyl (C=O) groups is 3. The summed E-state index contributed by atoms with van der Waals surface area (Å²) in [6.45, 7) is 0.320. The van der Waals surface area contributed by atoms with Crippen molar-refractivity contribution in [2.75, 3.05) is 23.9 Å². The Morgan fingerprint density at radius 3 is 2.59 bits per heavy atom. The van der Waals surface area contributed by atoms with Crippen molar-refractivity contribution in [3.05, 3.63) is 74.5 Å². The fourth-order valence-corrected chi connectivity index (χ4v) is 4.28. The highest BCUT2D eigenvalue weighted by Gasteiger charge is 2.34. The number of ether oxygens (including phenoxy) is 1. The summed E-state index contributed by atoms with van der Waals surface area (Å²) in [5, 5.41) is 22.3. The molecule has 0 bridgehead atoms. The number of halogens is 1. The quantitative estimate of drug-likeness (QED) is 0.318. The molecule has 3 aromatic rings. The summed E-state index contributed by atoms with van der Waals surface area (Å²) in [6, 6.07) is 8.79. The molecule has 0 saturated carbocycles. The SMILES string of the molecule is COC(=O)c1cc(C(=O)Nc2nnc(C3CC(=O)N(c4ccc(F)cc4)C3)s2)cc([N+](=O)[O-])c1. The zero-order chi connectivity index (χ0) is 24.4. The van der Waals surface area contributed by atoms with Crippen LogP contribution >= 0.6 is 11.3 Å². The number of nitro groups is 1. The summed E-state index contributed by atoms with van der Waals surface area (Å²) in [4.78, 5) is 48.9. The van der Waals surface area contributed by atoms with Crippen molar-refractivity contribution in [1.82, 2.24) is 10.2 Å². The van der Waals surface area contributed by atoms with E-state index in [4.69, 9.17) is 0 Å². The van der Waals surface area contributed by atoms with Gasteiger partial charge in [0.2, 0.25) is 11.0 Å². The lowest BCUT2D eigenvalue weighted by atomic mass is 10.1. The van der Waals surface area contributed by atoms with Crippen molar-refractivity contribution in [1.29, 1.82) is 0 Å². The third-order valence-electron chi connectivity index (χ3n) is 5.09. The molecule has 13 heteroatoms. The third kappa shape index (κ3) is 4.73. The Morgan fingerprint density at radius 1 is 1.21 bits per heavy atom. The fraction of sp³-hybridized carbons (Fsp3) is 0.190. The van der Waals surface area contributed by atoms with Gasteiger partial charge in [-0.1, -0.05) is 11.3 Å². The maximum Gasteiger partial charge on any atom is 0.338 e. The van der Waals surface area contributed by atoms with Crippen molar-refractivity contribution in [3.63, 3.8) is 0 Å². The molecule has 1 aliphatic rings. The van der Waals surface area contributed by atoms with Crippen LogP contribution < -0.4 is 10.2 Å². The van der Waals surface area contributed by atoms with Crippen molar-refractivity contribution in [2.45, 2.75) is 12.3 Å². The molecular formula is C21H16FN5O6S. The number of esters is 1. The minimum absolute atomic E-state index is 0.124. The van der Waals surface area contributed by atoms with E-state index in [1.807, 2.05) is 0 Å². The van der Waals surface area contributed by atoms with E-state index in [0.29, 0.717) is 17.2 Å². The number of nitrogens with one attached hydrogen (secondary N) is 1. The molecule has 2 aromatic carbocycles. The van der Waals surface area contributed by atoms with Crippen LogP contribution in [0, 0.1) is 15.9 Å². The van der Waals surface area contributed by atoms with Gasteiger partial charge in [0.25, 0.3) is 11.6 Å². The van der Waals surface area contributed by atoms with Gasteiger partial charge < -0.3 is 9.64 Å². The maximum absolute atomic E-state index is 13.2. The fourth-order valence-electron chi connectivity index (χ4n) is 3.45. The van der Waals surface area contributed by atoms with Gasteiger partial charge >= 0.3 is 5.97 Å². The van der Waals surface area contributed by atoms with Gasteiger partial charge in [0.1, 0.15) is 10.8 Å². The zero-order valence-electron chi connectivity index (χ0n) is 17.6. The van der Waals surface area contributed by atoms with E-state index in [1.54, 1.807) is 0 Å². The molecule has 1 N–H and O–H groups in total. The van der Waals surface area contributed by atoms with E-state index in [-0.39, 0.29) is 34.5 Å². The number of aromatic nitrogens is 2. The van der Waals surface area contributed by atoms with Gasteiger partial charge in [-0.15, -0.1) is 10.2 Å². The second-order valence-corrected chi connectivity index (χ2v) is 8.31. The second-order valence-electron chi connectivity index (χ2n) is 7.30. The molecule has 2 amide bonds. The van der Waals surface area contributed by atoms with Crippen LogP contribution in [0.5, 0.6) is 0 Å². The summed E-state index contributed by atoms with van der Waals surface area (Å²) < 4.78 is 17.7. The highest BCUT2D eigenvalue weighted by molar-refractivity contribution is 7.15. The lowest BCUT2D eigenvalue weighted by Crippen LogP contribution is -2.24. The molecule has 1 unspecified atom stereocenters. The smallest absolute Gasteiger partial charge is 0.338 e. The highest BCUT2D eigenvalue weighted by Crippen LogP contribution is 2.34. The van der Waals surface area contributed by atoms with Crippen molar-refractivity contribution in [3.8, 4) is 0 Å². The van der Waals surface area contributed by atoms with Crippen LogP contribution in [0.25, 0.3) is 0 Å². The standard InChI is InChI=1S/C21H16FN5O6S/c1-33-20(30)12-6-11(7-16(8-12)27(31)32)18(29)23-21-25-24-19(34-21)13-9-17(28)26(10-13)15-4-2-14(22)3-5-15/h2-8,13H,9-10H2,1H3,(H,23,25,29). The number of hydrogen-bond donors (Lipinski definition) is 1. The zero-order valence-corrected chi connectivity index (χ0v) is 18.4. The van der Waals surface area contributed by atoms with Crippen LogP contribution in [0.1, 0.15) is 38.1 Å². The van der Waals surface area contributed by atoms with Crippen LogP contribution in [0.3, 0.4) is 0 Å². The predicted octanol–water partition coefficient (Wildman–Crippen LogP) is 3.14. The number of non-ortho nitro benzene ring substituents is 1. The molecule has 11 nitrogen and oxygen atoms in total. The van der Waals surface area contributed by atoms with Gasteiger partial charge in [0.05, 0.1) is 17.6 Å². The Kier molecular flexibility index (Phi) is 6.27. The Bertz CT molecular complexity index is 1300. The average molecular weight is 485 g/mol. The van der Waals surface area contributed by atoms with Gasteiger partial charge in [0, 0.05) is 42.3 Å². The van der Waals surface area contributed by atoms with Gasteiger partial charge in [-0.2, -0.15) is 0 Å². The Morgan fingerprint density at radius 2 is 1.91 bits per heavy atom. The van der Waals surface area contributed by atoms with Crippen molar-refractivity contribution in [2.24, 2.45) is 0 Å². The lowest BCUT2D eigenvalue weighted by Gasteiger charge is -2.16. The number of nitro benzene ring substituents is 1. The van der Waals surface area contributed by atoms with E-state index >= 15 is 0 Å². The van der Waals surface area contributed by atoms with Crippen LogP contribution in [-0.2, 0) is 9.53 Å². The number of carbonyl (C=O) groups excluding carboxylic acids is 3. The minimum atomic E-state index is -0.826. The number of benzene rings is 2. The molecule has 0 aliphatic carbocycles. The highest BCUT2D eigenvalue weighted by atomic mass is 32.1. The largest absolute Gasteiger partial charge is 0.465 e. The van der Waals surface area contributed by atoms with Crippen LogP contribution in [0.4, 0.5) is 20.9 Å². The van der Waals surface area contributed by atoms with E-state index in [2.05, 4.69) is 20.3 Å². The lowest BCUT2D eigenvalue weighted by molar-refractivity contribution is -0.384. The first-order valence-electron chi connectivity index (χ1n) is 9.83. The molecule has 1 atom stereocenters. The van der Waals surface area contributed by atoms with Gasteiger partial charge in [-0.05, 0) is 30.3 Å². The first-order valence-corrected chi connectivity index (χ1v) is 10.7. The molecule has 1 aromatic heterocycles. The van der Waals surface area contributed by atoms with Crippen LogP contribution in [-0.4, -0.2) is 46.6 Å². The number of anilines is 2. The monoisotopic (exact) mass is 485 g/mol. The van der Waals surface area contributed by atoms with Crippen LogP contribution in [0.15, 0.2) is 42.5 Å². The summed E-state index contributed by atoms with van der Waals surface area (Å²) in [5.41, 5.74) is -0.162. The molecule has 174 valence electrons. The van der Waals surface area contributed by atoms with Gasteiger partial charge in [0.15, 0.2) is 0 Å². The predicted molar refractivity (Wildman–Crippen MR) is 118 cm³/mol. The third-order valence-corrected chi connectivity index (χ3v) is 6.09. The van der Waals surface area contributed by atoms with Crippen molar-refractivity contribution >= 4 is 45.6 Å². The maximum atomic E-state index is 13.2. The molecule has 0 radical (unpaired) electrons. The molecule has 4 rings (SSSR count). The number of nitrogens with zero attached hydrogens (tertiary/aromatic N) is 4. The van der Waals surface area contributed by atoms with E-state index in [9.17, 15) is 28.9 Å². The summed E-state index contributed by atoms with van der Waals surface area (Å²) in [5.74, 6) is -2.38. The topological polar surface area (TPSA) is 145 Å².